The molecular weight excluding hydrogens is 340 g/mol. The predicted octanol–water partition coefficient (Wildman–Crippen LogP) is 3.24. The van der Waals surface area contributed by atoms with Crippen molar-refractivity contribution in [2.75, 3.05) is 27.2 Å². The van der Waals surface area contributed by atoms with E-state index in [1.54, 1.807) is 31.4 Å². The number of hydrogen-bond acceptors (Lipinski definition) is 4. The molecule has 0 N–H and O–H groups in total. The number of ether oxygens (including phenoxy) is 1. The Kier molecular flexibility index (Phi) is 5.91. The summed E-state index contributed by atoms with van der Waals surface area (Å²) in [5.74, 6) is 0.509. The SMILES string of the molecule is COc1ccc(CC(C)N(C)CCCN2C(=O)c3ccccc3C2=O)cc1. The fraction of sp³-hybridized carbons (Fsp3) is 0.364. The number of rotatable bonds is 8. The highest BCUT2D eigenvalue weighted by molar-refractivity contribution is 6.21. The number of nitrogens with zero attached hydrogens (tertiary/aromatic N) is 2. The van der Waals surface area contributed by atoms with Gasteiger partial charge in [-0.25, -0.2) is 0 Å². The molecule has 0 aromatic heterocycles. The molecule has 27 heavy (non-hydrogen) atoms. The van der Waals surface area contributed by atoms with Crippen molar-refractivity contribution in [3.05, 3.63) is 65.2 Å². The standard InChI is InChI=1S/C22H26N2O3/c1-16(15-17-9-11-18(27-3)12-10-17)23(2)13-6-14-24-21(25)19-7-4-5-8-20(19)22(24)26/h4-5,7-12,16H,6,13-15H2,1-3H3. The molecule has 0 saturated carbocycles. The number of likely N-dealkylation sites (N-methyl/N-ethyl adjacent to an activating group) is 1. The first-order valence-corrected chi connectivity index (χ1v) is 9.29. The van der Waals surface area contributed by atoms with E-state index >= 15 is 0 Å². The van der Waals surface area contributed by atoms with Gasteiger partial charge in [-0.1, -0.05) is 24.3 Å². The number of methoxy groups -OCH3 is 1. The molecule has 1 atom stereocenters. The fourth-order valence-corrected chi connectivity index (χ4v) is 3.40. The van der Waals surface area contributed by atoms with Crippen LogP contribution in [0.15, 0.2) is 48.5 Å². The van der Waals surface area contributed by atoms with E-state index in [1.165, 1.54) is 10.5 Å². The van der Waals surface area contributed by atoms with Crippen LogP contribution in [-0.2, 0) is 6.42 Å². The molecule has 2 amide bonds. The molecule has 0 spiro atoms. The molecule has 1 heterocycles. The van der Waals surface area contributed by atoms with Gasteiger partial charge in [0.2, 0.25) is 0 Å². The summed E-state index contributed by atoms with van der Waals surface area (Å²) in [6, 6.07) is 15.5. The van der Waals surface area contributed by atoms with Gasteiger partial charge in [-0.05, 0) is 63.2 Å². The molecule has 0 bridgehead atoms. The van der Waals surface area contributed by atoms with E-state index in [2.05, 4.69) is 31.0 Å². The van der Waals surface area contributed by atoms with Crippen LogP contribution in [0.1, 0.15) is 39.6 Å². The Morgan fingerprint density at radius 2 is 1.59 bits per heavy atom. The van der Waals surface area contributed by atoms with E-state index in [9.17, 15) is 9.59 Å². The van der Waals surface area contributed by atoms with Crippen LogP contribution in [-0.4, -0.2) is 54.9 Å². The van der Waals surface area contributed by atoms with Gasteiger partial charge in [-0.15, -0.1) is 0 Å². The van der Waals surface area contributed by atoms with Crippen LogP contribution in [0.2, 0.25) is 0 Å². The van der Waals surface area contributed by atoms with Crippen LogP contribution in [0.3, 0.4) is 0 Å². The summed E-state index contributed by atoms with van der Waals surface area (Å²) in [4.78, 5) is 28.4. The largest absolute Gasteiger partial charge is 0.497 e. The zero-order valence-corrected chi connectivity index (χ0v) is 16.1. The van der Waals surface area contributed by atoms with Crippen LogP contribution in [0.5, 0.6) is 5.75 Å². The Labute approximate surface area is 160 Å². The molecule has 0 saturated heterocycles. The maximum absolute atomic E-state index is 12.4. The third kappa shape index (κ3) is 4.19. The Hall–Kier alpha value is -2.66. The molecule has 1 aliphatic rings. The average Bonchev–Trinajstić information content (AvgIpc) is 2.93. The number of carbonyl (C=O) groups excluding carboxylic acids is 2. The quantitative estimate of drug-likeness (QED) is 0.673. The van der Waals surface area contributed by atoms with Crippen molar-refractivity contribution in [1.29, 1.82) is 0 Å². The highest BCUT2D eigenvalue weighted by Gasteiger charge is 2.34. The third-order valence-electron chi connectivity index (χ3n) is 5.21. The minimum atomic E-state index is -0.176. The van der Waals surface area contributed by atoms with Crippen molar-refractivity contribution >= 4 is 11.8 Å². The van der Waals surface area contributed by atoms with E-state index in [0.717, 1.165) is 25.1 Å². The Morgan fingerprint density at radius 1 is 1.00 bits per heavy atom. The van der Waals surface area contributed by atoms with Crippen molar-refractivity contribution in [2.45, 2.75) is 25.8 Å². The number of carbonyl (C=O) groups is 2. The van der Waals surface area contributed by atoms with Crippen LogP contribution in [0, 0.1) is 0 Å². The van der Waals surface area contributed by atoms with Gasteiger partial charge < -0.3 is 9.64 Å². The van der Waals surface area contributed by atoms with Gasteiger partial charge in [0, 0.05) is 12.6 Å². The second-order valence-corrected chi connectivity index (χ2v) is 7.04. The number of fused-ring (bicyclic) bond motifs is 1. The first kappa shape index (κ1) is 19.1. The van der Waals surface area contributed by atoms with Crippen molar-refractivity contribution in [3.63, 3.8) is 0 Å². The molecule has 142 valence electrons. The highest BCUT2D eigenvalue weighted by atomic mass is 16.5. The molecule has 2 aromatic rings. The summed E-state index contributed by atoms with van der Waals surface area (Å²) < 4.78 is 5.19. The van der Waals surface area contributed by atoms with E-state index in [1.807, 2.05) is 12.1 Å². The van der Waals surface area contributed by atoms with Crippen LogP contribution < -0.4 is 4.74 Å². The monoisotopic (exact) mass is 366 g/mol. The summed E-state index contributed by atoms with van der Waals surface area (Å²) >= 11 is 0. The molecule has 0 aliphatic carbocycles. The summed E-state index contributed by atoms with van der Waals surface area (Å²) in [6.07, 6.45) is 1.70. The van der Waals surface area contributed by atoms with Crippen molar-refractivity contribution in [1.82, 2.24) is 9.80 Å². The fourth-order valence-electron chi connectivity index (χ4n) is 3.40. The Morgan fingerprint density at radius 3 is 2.15 bits per heavy atom. The average molecular weight is 366 g/mol. The smallest absolute Gasteiger partial charge is 0.261 e. The van der Waals surface area contributed by atoms with E-state index in [-0.39, 0.29) is 11.8 Å². The Balaban J connectivity index is 1.48. The van der Waals surface area contributed by atoms with Crippen molar-refractivity contribution in [2.24, 2.45) is 0 Å². The molecule has 0 radical (unpaired) electrons. The lowest BCUT2D eigenvalue weighted by molar-refractivity contribution is 0.0647. The van der Waals surface area contributed by atoms with Crippen LogP contribution in [0.4, 0.5) is 0 Å². The van der Waals surface area contributed by atoms with E-state index in [4.69, 9.17) is 4.74 Å². The molecule has 1 unspecified atom stereocenters. The molecule has 5 heteroatoms. The predicted molar refractivity (Wildman–Crippen MR) is 105 cm³/mol. The minimum Gasteiger partial charge on any atom is -0.497 e. The maximum atomic E-state index is 12.4. The van der Waals surface area contributed by atoms with Crippen LogP contribution >= 0.6 is 0 Å². The maximum Gasteiger partial charge on any atom is 0.261 e. The molecule has 1 aliphatic heterocycles. The van der Waals surface area contributed by atoms with Crippen molar-refractivity contribution in [3.8, 4) is 5.75 Å². The minimum absolute atomic E-state index is 0.176. The lowest BCUT2D eigenvalue weighted by Crippen LogP contribution is -2.36. The zero-order chi connectivity index (χ0) is 19.4. The highest BCUT2D eigenvalue weighted by Crippen LogP contribution is 2.22. The van der Waals surface area contributed by atoms with Crippen LogP contribution in [0.25, 0.3) is 0 Å². The lowest BCUT2D eigenvalue weighted by atomic mass is 10.1. The summed E-state index contributed by atoms with van der Waals surface area (Å²) in [5.41, 5.74) is 2.29. The summed E-state index contributed by atoms with van der Waals surface area (Å²) in [5, 5.41) is 0. The normalized spacial score (nSPS) is 14.6. The topological polar surface area (TPSA) is 49.9 Å². The Bertz CT molecular complexity index is 782. The second-order valence-electron chi connectivity index (χ2n) is 7.04. The van der Waals surface area contributed by atoms with Gasteiger partial charge in [0.1, 0.15) is 5.75 Å². The van der Waals surface area contributed by atoms with Crippen molar-refractivity contribution < 1.29 is 14.3 Å². The molecule has 0 fully saturated rings. The molecule has 2 aromatic carbocycles. The van der Waals surface area contributed by atoms with Gasteiger partial charge in [0.25, 0.3) is 11.8 Å². The summed E-state index contributed by atoms with van der Waals surface area (Å²) in [7, 11) is 3.75. The number of benzene rings is 2. The first-order valence-electron chi connectivity index (χ1n) is 9.29. The van der Waals surface area contributed by atoms with Gasteiger partial charge in [0.15, 0.2) is 0 Å². The lowest BCUT2D eigenvalue weighted by Gasteiger charge is -2.25. The summed E-state index contributed by atoms with van der Waals surface area (Å²) in [6.45, 7) is 3.46. The van der Waals surface area contributed by atoms with Gasteiger partial charge >= 0.3 is 0 Å². The molecule has 5 nitrogen and oxygen atoms in total. The first-order chi connectivity index (χ1) is 13.0. The molecule has 3 rings (SSSR count). The number of imide groups is 1. The van der Waals surface area contributed by atoms with E-state index in [0.29, 0.717) is 23.7 Å². The van der Waals surface area contributed by atoms with Gasteiger partial charge in [0.05, 0.1) is 18.2 Å². The zero-order valence-electron chi connectivity index (χ0n) is 16.1. The number of hydrogen-bond donors (Lipinski definition) is 0. The second kappa shape index (κ2) is 8.35. The number of amides is 2. The third-order valence-corrected chi connectivity index (χ3v) is 5.21. The molecular formula is C22H26N2O3. The van der Waals surface area contributed by atoms with Gasteiger partial charge in [-0.3, -0.25) is 14.5 Å². The van der Waals surface area contributed by atoms with Gasteiger partial charge in [-0.2, -0.15) is 0 Å². The van der Waals surface area contributed by atoms with E-state index < -0.39 is 0 Å².